The van der Waals surface area contributed by atoms with E-state index in [9.17, 15) is 0 Å². The van der Waals surface area contributed by atoms with Crippen molar-refractivity contribution < 1.29 is 4.74 Å². The summed E-state index contributed by atoms with van der Waals surface area (Å²) in [6, 6.07) is 0.682. The number of rotatable bonds is 7. The number of ether oxygens (including phenoxy) is 1. The summed E-state index contributed by atoms with van der Waals surface area (Å²) in [5, 5.41) is 3.48. The Kier molecular flexibility index (Phi) is 6.32. The van der Waals surface area contributed by atoms with Crippen LogP contribution in [0.4, 0.5) is 0 Å². The van der Waals surface area contributed by atoms with Crippen LogP contribution in [0, 0.1) is 11.8 Å². The van der Waals surface area contributed by atoms with Crippen LogP contribution in [0.1, 0.15) is 27.2 Å². The van der Waals surface area contributed by atoms with Crippen LogP contribution in [-0.4, -0.2) is 50.8 Å². The highest BCUT2D eigenvalue weighted by Gasteiger charge is 2.29. The number of likely N-dealkylation sites (N-methyl/N-ethyl adjacent to an activating group) is 1. The van der Waals surface area contributed by atoms with E-state index >= 15 is 0 Å². The molecule has 0 radical (unpaired) electrons. The molecule has 1 rings (SSSR count). The second-order valence-corrected chi connectivity index (χ2v) is 5.22. The van der Waals surface area contributed by atoms with E-state index in [0.717, 1.165) is 31.5 Å². The monoisotopic (exact) mass is 228 g/mol. The fourth-order valence-electron chi connectivity index (χ4n) is 2.61. The van der Waals surface area contributed by atoms with Gasteiger partial charge in [0.2, 0.25) is 0 Å². The second-order valence-electron chi connectivity index (χ2n) is 5.22. The standard InChI is InChI=1S/C13H28N2O/c1-5-14-8-13(11(2)3)15-7-6-12(9-15)10-16-4/h11-14H,5-10H2,1-4H3. The first kappa shape index (κ1) is 13.9. The quantitative estimate of drug-likeness (QED) is 0.716. The minimum absolute atomic E-state index is 0.682. The molecule has 1 aliphatic rings. The maximum Gasteiger partial charge on any atom is 0.0503 e. The lowest BCUT2D eigenvalue weighted by atomic mass is 10.0. The van der Waals surface area contributed by atoms with Gasteiger partial charge in [0.1, 0.15) is 0 Å². The number of likely N-dealkylation sites (tertiary alicyclic amines) is 1. The van der Waals surface area contributed by atoms with E-state index in [2.05, 4.69) is 31.0 Å². The Hall–Kier alpha value is -0.120. The Labute approximate surface area is 101 Å². The molecule has 16 heavy (non-hydrogen) atoms. The number of nitrogens with zero attached hydrogens (tertiary/aromatic N) is 1. The van der Waals surface area contributed by atoms with Crippen LogP contribution in [0.25, 0.3) is 0 Å². The van der Waals surface area contributed by atoms with E-state index in [1.807, 2.05) is 0 Å². The Bertz CT molecular complexity index is 185. The Morgan fingerprint density at radius 1 is 1.44 bits per heavy atom. The van der Waals surface area contributed by atoms with E-state index in [4.69, 9.17) is 4.74 Å². The number of methoxy groups -OCH3 is 1. The van der Waals surface area contributed by atoms with Gasteiger partial charge < -0.3 is 10.1 Å². The number of hydrogen-bond donors (Lipinski definition) is 1. The maximum absolute atomic E-state index is 5.25. The predicted octanol–water partition coefficient (Wildman–Crippen LogP) is 1.59. The van der Waals surface area contributed by atoms with Crippen LogP contribution in [0.15, 0.2) is 0 Å². The van der Waals surface area contributed by atoms with E-state index < -0.39 is 0 Å². The maximum atomic E-state index is 5.25. The highest BCUT2D eigenvalue weighted by molar-refractivity contribution is 4.84. The molecule has 1 heterocycles. The summed E-state index contributed by atoms with van der Waals surface area (Å²) < 4.78 is 5.25. The molecule has 0 bridgehead atoms. The zero-order chi connectivity index (χ0) is 12.0. The molecule has 0 aromatic carbocycles. The molecule has 0 aromatic heterocycles. The van der Waals surface area contributed by atoms with E-state index in [0.29, 0.717) is 6.04 Å². The molecule has 1 fully saturated rings. The van der Waals surface area contributed by atoms with Gasteiger partial charge in [-0.15, -0.1) is 0 Å². The van der Waals surface area contributed by atoms with Crippen LogP contribution < -0.4 is 5.32 Å². The van der Waals surface area contributed by atoms with Crippen LogP contribution in [0.3, 0.4) is 0 Å². The molecule has 96 valence electrons. The smallest absolute Gasteiger partial charge is 0.0503 e. The van der Waals surface area contributed by atoms with Gasteiger partial charge in [-0.1, -0.05) is 20.8 Å². The number of nitrogens with one attached hydrogen (secondary N) is 1. The van der Waals surface area contributed by atoms with Crippen LogP contribution in [0.2, 0.25) is 0 Å². The molecule has 3 heteroatoms. The fourth-order valence-corrected chi connectivity index (χ4v) is 2.61. The number of hydrogen-bond acceptors (Lipinski definition) is 3. The van der Waals surface area contributed by atoms with Crippen molar-refractivity contribution in [2.75, 3.05) is 39.9 Å². The molecule has 2 unspecified atom stereocenters. The topological polar surface area (TPSA) is 24.5 Å². The summed E-state index contributed by atoms with van der Waals surface area (Å²) >= 11 is 0. The summed E-state index contributed by atoms with van der Waals surface area (Å²) in [5.74, 6) is 1.47. The molecule has 1 aliphatic heterocycles. The SMILES string of the molecule is CCNCC(C(C)C)N1CCC(COC)C1. The largest absolute Gasteiger partial charge is 0.384 e. The lowest BCUT2D eigenvalue weighted by Crippen LogP contribution is -2.44. The van der Waals surface area contributed by atoms with Crippen molar-refractivity contribution in [2.45, 2.75) is 33.2 Å². The summed E-state index contributed by atoms with van der Waals surface area (Å²) in [5.41, 5.74) is 0. The molecule has 0 spiro atoms. The first-order chi connectivity index (χ1) is 7.69. The Morgan fingerprint density at radius 2 is 2.19 bits per heavy atom. The summed E-state index contributed by atoms with van der Waals surface area (Å²) in [7, 11) is 1.81. The van der Waals surface area contributed by atoms with Crippen LogP contribution in [0.5, 0.6) is 0 Å². The van der Waals surface area contributed by atoms with Gasteiger partial charge in [0, 0.05) is 26.2 Å². The lowest BCUT2D eigenvalue weighted by molar-refractivity contribution is 0.137. The van der Waals surface area contributed by atoms with E-state index in [-0.39, 0.29) is 0 Å². The zero-order valence-corrected chi connectivity index (χ0v) is 11.3. The van der Waals surface area contributed by atoms with E-state index in [1.165, 1.54) is 19.5 Å². The van der Waals surface area contributed by atoms with Gasteiger partial charge in [-0.25, -0.2) is 0 Å². The van der Waals surface area contributed by atoms with Crippen molar-refractivity contribution in [3.63, 3.8) is 0 Å². The molecule has 1 saturated heterocycles. The van der Waals surface area contributed by atoms with E-state index in [1.54, 1.807) is 7.11 Å². The van der Waals surface area contributed by atoms with Crippen molar-refractivity contribution >= 4 is 0 Å². The average molecular weight is 228 g/mol. The van der Waals surface area contributed by atoms with Crippen molar-refractivity contribution in [3.05, 3.63) is 0 Å². The lowest BCUT2D eigenvalue weighted by Gasteiger charge is -2.31. The van der Waals surface area contributed by atoms with Gasteiger partial charge in [0.05, 0.1) is 6.61 Å². The molecule has 2 atom stereocenters. The van der Waals surface area contributed by atoms with Crippen molar-refractivity contribution in [1.82, 2.24) is 10.2 Å². The molecule has 1 N–H and O–H groups in total. The fraction of sp³-hybridized carbons (Fsp3) is 1.00. The third-order valence-electron chi connectivity index (χ3n) is 3.56. The Balaban J connectivity index is 2.40. The first-order valence-corrected chi connectivity index (χ1v) is 6.62. The van der Waals surface area contributed by atoms with Crippen LogP contribution >= 0.6 is 0 Å². The van der Waals surface area contributed by atoms with Gasteiger partial charge >= 0.3 is 0 Å². The normalized spacial score (nSPS) is 24.2. The average Bonchev–Trinajstić information content (AvgIpc) is 2.67. The molecule has 0 saturated carbocycles. The first-order valence-electron chi connectivity index (χ1n) is 6.62. The molecule has 0 amide bonds. The molecular weight excluding hydrogens is 200 g/mol. The summed E-state index contributed by atoms with van der Waals surface area (Å²) in [6.07, 6.45) is 1.29. The van der Waals surface area contributed by atoms with Gasteiger partial charge in [0.15, 0.2) is 0 Å². The van der Waals surface area contributed by atoms with Gasteiger partial charge in [0.25, 0.3) is 0 Å². The van der Waals surface area contributed by atoms with Crippen molar-refractivity contribution in [3.8, 4) is 0 Å². The van der Waals surface area contributed by atoms with Gasteiger partial charge in [-0.3, -0.25) is 4.90 Å². The highest BCUT2D eigenvalue weighted by Crippen LogP contribution is 2.21. The van der Waals surface area contributed by atoms with Crippen molar-refractivity contribution in [2.24, 2.45) is 11.8 Å². The van der Waals surface area contributed by atoms with Crippen LogP contribution in [-0.2, 0) is 4.74 Å². The summed E-state index contributed by atoms with van der Waals surface area (Å²) in [4.78, 5) is 2.64. The molecular formula is C13H28N2O. The third kappa shape index (κ3) is 4.04. The molecule has 3 nitrogen and oxygen atoms in total. The van der Waals surface area contributed by atoms with Gasteiger partial charge in [-0.2, -0.15) is 0 Å². The summed E-state index contributed by atoms with van der Waals surface area (Å²) in [6.45, 7) is 12.4. The molecule has 0 aliphatic carbocycles. The minimum atomic E-state index is 0.682. The predicted molar refractivity (Wildman–Crippen MR) is 68.7 cm³/mol. The Morgan fingerprint density at radius 3 is 2.75 bits per heavy atom. The highest BCUT2D eigenvalue weighted by atomic mass is 16.5. The molecule has 0 aromatic rings. The zero-order valence-electron chi connectivity index (χ0n) is 11.3. The second kappa shape index (κ2) is 7.25. The third-order valence-corrected chi connectivity index (χ3v) is 3.56. The van der Waals surface area contributed by atoms with Crippen molar-refractivity contribution in [1.29, 1.82) is 0 Å². The minimum Gasteiger partial charge on any atom is -0.384 e. The van der Waals surface area contributed by atoms with Gasteiger partial charge in [-0.05, 0) is 31.3 Å².